The van der Waals surface area contributed by atoms with Gasteiger partial charge in [0.15, 0.2) is 0 Å². The second-order valence-corrected chi connectivity index (χ2v) is 8.17. The zero-order chi connectivity index (χ0) is 21.1. The van der Waals surface area contributed by atoms with Gasteiger partial charge in [-0.1, -0.05) is 15.9 Å². The van der Waals surface area contributed by atoms with Crippen LogP contribution in [0.4, 0.5) is 11.4 Å². The number of piperazine rings is 1. The fourth-order valence-corrected chi connectivity index (χ4v) is 3.76. The normalized spacial score (nSPS) is 15.4. The Kier molecular flexibility index (Phi) is 6.07. The summed E-state index contributed by atoms with van der Waals surface area (Å²) in [7, 11) is 0. The van der Waals surface area contributed by atoms with Gasteiger partial charge in [0.2, 0.25) is 5.91 Å². The first-order valence-electron chi connectivity index (χ1n) is 9.59. The molecule has 0 unspecified atom stereocenters. The number of nitrogens with zero attached hydrogens (tertiary/aromatic N) is 4. The van der Waals surface area contributed by atoms with Crippen molar-refractivity contribution in [2.24, 2.45) is 0 Å². The second-order valence-electron chi connectivity index (χ2n) is 7.25. The largest absolute Gasteiger partial charge is 0.341 e. The van der Waals surface area contributed by atoms with Crippen molar-refractivity contribution in [3.05, 3.63) is 62.9 Å². The number of imidazole rings is 1. The van der Waals surface area contributed by atoms with Crippen LogP contribution < -0.4 is 5.32 Å². The molecule has 1 fully saturated rings. The van der Waals surface area contributed by atoms with Gasteiger partial charge in [-0.25, -0.2) is 4.98 Å². The van der Waals surface area contributed by atoms with E-state index in [9.17, 15) is 14.9 Å². The number of rotatable bonds is 6. The molecule has 0 atom stereocenters. The molecule has 0 radical (unpaired) electrons. The molecule has 0 saturated carbocycles. The summed E-state index contributed by atoms with van der Waals surface area (Å²) in [5.41, 5.74) is 2.22. The van der Waals surface area contributed by atoms with E-state index in [4.69, 9.17) is 0 Å². The van der Waals surface area contributed by atoms with Gasteiger partial charge in [-0.15, -0.1) is 0 Å². The van der Waals surface area contributed by atoms with E-state index in [-0.39, 0.29) is 11.6 Å². The number of anilines is 1. The average molecular weight is 473 g/mol. The van der Waals surface area contributed by atoms with Crippen molar-refractivity contribution < 1.29 is 9.72 Å². The highest BCUT2D eigenvalue weighted by atomic mass is 79.9. The van der Waals surface area contributed by atoms with Crippen LogP contribution >= 0.6 is 15.9 Å². The monoisotopic (exact) mass is 472 g/mol. The van der Waals surface area contributed by atoms with E-state index in [1.807, 2.05) is 24.3 Å². The molecule has 9 nitrogen and oxygen atoms in total. The summed E-state index contributed by atoms with van der Waals surface area (Å²) in [6.07, 6.45) is 0. The summed E-state index contributed by atoms with van der Waals surface area (Å²) in [4.78, 5) is 34.9. The van der Waals surface area contributed by atoms with Crippen molar-refractivity contribution in [3.8, 4) is 0 Å². The van der Waals surface area contributed by atoms with E-state index in [0.29, 0.717) is 18.6 Å². The lowest BCUT2D eigenvalue weighted by Gasteiger charge is -2.33. The molecule has 0 bridgehead atoms. The molecule has 1 aromatic heterocycles. The number of amides is 1. The van der Waals surface area contributed by atoms with Gasteiger partial charge in [-0.05, 0) is 30.3 Å². The summed E-state index contributed by atoms with van der Waals surface area (Å²) in [5.74, 6) is 0.761. The van der Waals surface area contributed by atoms with Crippen molar-refractivity contribution in [1.82, 2.24) is 19.8 Å². The lowest BCUT2D eigenvalue weighted by Crippen LogP contribution is -2.48. The molecular formula is C20H21BrN6O3. The van der Waals surface area contributed by atoms with Gasteiger partial charge < -0.3 is 10.3 Å². The molecule has 2 N–H and O–H groups in total. The number of hydrogen-bond donors (Lipinski definition) is 2. The van der Waals surface area contributed by atoms with Crippen molar-refractivity contribution in [2.75, 3.05) is 38.0 Å². The van der Waals surface area contributed by atoms with Crippen LogP contribution in [-0.4, -0.2) is 63.3 Å². The van der Waals surface area contributed by atoms with Gasteiger partial charge in [-0.3, -0.25) is 24.7 Å². The first-order valence-corrected chi connectivity index (χ1v) is 10.4. The molecule has 1 saturated heterocycles. The maximum Gasteiger partial charge on any atom is 0.271 e. The molecule has 10 heteroatoms. The summed E-state index contributed by atoms with van der Waals surface area (Å²) >= 11 is 3.38. The Morgan fingerprint density at radius 2 is 1.83 bits per heavy atom. The summed E-state index contributed by atoms with van der Waals surface area (Å²) in [6.45, 7) is 4.23. The number of nitrogens with one attached hydrogen (secondary N) is 2. The van der Waals surface area contributed by atoms with Gasteiger partial charge >= 0.3 is 0 Å². The number of non-ortho nitro benzene ring substituents is 1. The molecule has 2 aromatic carbocycles. The van der Waals surface area contributed by atoms with Crippen LogP contribution in [0, 0.1) is 10.1 Å². The number of aromatic amines is 1. The fraction of sp³-hybridized carbons (Fsp3) is 0.300. The maximum atomic E-state index is 12.3. The van der Waals surface area contributed by atoms with Crippen LogP contribution in [0.5, 0.6) is 0 Å². The van der Waals surface area contributed by atoms with E-state index in [2.05, 4.69) is 41.0 Å². The molecule has 156 valence electrons. The molecular weight excluding hydrogens is 452 g/mol. The molecule has 1 aliphatic heterocycles. The molecule has 30 heavy (non-hydrogen) atoms. The first-order chi connectivity index (χ1) is 14.5. The lowest BCUT2D eigenvalue weighted by molar-refractivity contribution is -0.384. The number of nitro benzene ring substituents is 1. The third-order valence-corrected chi connectivity index (χ3v) is 5.59. The topological polar surface area (TPSA) is 107 Å². The summed E-state index contributed by atoms with van der Waals surface area (Å²) in [5, 5.41) is 13.8. The highest BCUT2D eigenvalue weighted by Crippen LogP contribution is 2.20. The summed E-state index contributed by atoms with van der Waals surface area (Å²) < 4.78 is 0.972. The van der Waals surface area contributed by atoms with Crippen LogP contribution in [0.25, 0.3) is 11.0 Å². The molecule has 1 amide bonds. The van der Waals surface area contributed by atoms with E-state index < -0.39 is 4.92 Å². The number of halogens is 1. The highest BCUT2D eigenvalue weighted by molar-refractivity contribution is 9.10. The molecule has 1 aliphatic rings. The Morgan fingerprint density at radius 3 is 2.53 bits per heavy atom. The molecule has 3 aromatic rings. The first kappa shape index (κ1) is 20.5. The number of carbonyl (C=O) groups is 1. The van der Waals surface area contributed by atoms with Crippen LogP contribution in [0.15, 0.2) is 46.9 Å². The Balaban J connectivity index is 1.27. The number of aromatic nitrogens is 2. The number of nitro groups is 1. The van der Waals surface area contributed by atoms with E-state index in [0.717, 1.165) is 47.7 Å². The molecule has 0 spiro atoms. The zero-order valence-electron chi connectivity index (χ0n) is 16.2. The van der Waals surface area contributed by atoms with E-state index in [1.165, 1.54) is 12.1 Å². The van der Waals surface area contributed by atoms with Crippen molar-refractivity contribution in [2.45, 2.75) is 6.54 Å². The Labute approximate surface area is 181 Å². The SMILES string of the molecule is O=C(CN1CCN(Cc2nc3ccc([N+](=O)[O-])cc3[nH]2)CC1)Nc1ccc(Br)cc1. The van der Waals surface area contributed by atoms with Crippen LogP contribution in [0.2, 0.25) is 0 Å². The standard InChI is InChI=1S/C20H21BrN6O3/c21-14-1-3-15(4-2-14)22-20(28)13-26-9-7-25(8-10-26)12-19-23-17-6-5-16(27(29)30)11-18(17)24-19/h1-6,11H,7-10,12-13H2,(H,22,28)(H,23,24). The Bertz CT molecular complexity index is 1060. The maximum absolute atomic E-state index is 12.3. The second kappa shape index (κ2) is 8.90. The number of fused-ring (bicyclic) bond motifs is 1. The predicted molar refractivity (Wildman–Crippen MR) is 117 cm³/mol. The Morgan fingerprint density at radius 1 is 1.13 bits per heavy atom. The van der Waals surface area contributed by atoms with Gasteiger partial charge in [0, 0.05) is 48.5 Å². The predicted octanol–water partition coefficient (Wildman–Crippen LogP) is 2.99. The van der Waals surface area contributed by atoms with E-state index in [1.54, 1.807) is 6.07 Å². The summed E-state index contributed by atoms with van der Waals surface area (Å²) in [6, 6.07) is 12.1. The number of benzene rings is 2. The highest BCUT2D eigenvalue weighted by Gasteiger charge is 2.20. The van der Waals surface area contributed by atoms with Gasteiger partial charge in [-0.2, -0.15) is 0 Å². The quantitative estimate of drug-likeness (QED) is 0.421. The van der Waals surface area contributed by atoms with Crippen molar-refractivity contribution in [3.63, 3.8) is 0 Å². The average Bonchev–Trinajstić information content (AvgIpc) is 3.12. The van der Waals surface area contributed by atoms with Gasteiger partial charge in [0.25, 0.3) is 5.69 Å². The van der Waals surface area contributed by atoms with E-state index >= 15 is 0 Å². The smallest absolute Gasteiger partial charge is 0.271 e. The molecule has 4 rings (SSSR count). The molecule has 2 heterocycles. The third kappa shape index (κ3) is 5.02. The van der Waals surface area contributed by atoms with Crippen molar-refractivity contribution >= 4 is 44.2 Å². The lowest BCUT2D eigenvalue weighted by atomic mass is 10.3. The zero-order valence-corrected chi connectivity index (χ0v) is 17.8. The number of hydrogen-bond acceptors (Lipinski definition) is 6. The number of carbonyl (C=O) groups excluding carboxylic acids is 1. The third-order valence-electron chi connectivity index (χ3n) is 5.06. The minimum atomic E-state index is -0.411. The minimum Gasteiger partial charge on any atom is -0.341 e. The van der Waals surface area contributed by atoms with Crippen molar-refractivity contribution in [1.29, 1.82) is 0 Å². The van der Waals surface area contributed by atoms with Gasteiger partial charge in [0.05, 0.1) is 29.0 Å². The fourth-order valence-electron chi connectivity index (χ4n) is 3.49. The number of H-pyrrole nitrogens is 1. The van der Waals surface area contributed by atoms with Crippen LogP contribution in [-0.2, 0) is 11.3 Å². The van der Waals surface area contributed by atoms with Crippen LogP contribution in [0.3, 0.4) is 0 Å². The van der Waals surface area contributed by atoms with Crippen LogP contribution in [0.1, 0.15) is 5.82 Å². The Hall–Kier alpha value is -2.82. The van der Waals surface area contributed by atoms with Gasteiger partial charge in [0.1, 0.15) is 5.82 Å². The minimum absolute atomic E-state index is 0.0235. The molecule has 0 aliphatic carbocycles.